The van der Waals surface area contributed by atoms with Gasteiger partial charge in [-0.1, -0.05) is 12.1 Å². The smallest absolute Gasteiger partial charge is 0.228 e. The zero-order valence-corrected chi connectivity index (χ0v) is 9.15. The molecule has 1 aromatic heterocycles. The summed E-state index contributed by atoms with van der Waals surface area (Å²) in [5, 5.41) is 3.65. The summed E-state index contributed by atoms with van der Waals surface area (Å²) in [4.78, 5) is 22.5. The zero-order chi connectivity index (χ0) is 11.7. The first-order valence-corrected chi connectivity index (χ1v) is 4.98. The van der Waals surface area contributed by atoms with Crippen molar-refractivity contribution in [3.63, 3.8) is 0 Å². The van der Waals surface area contributed by atoms with Crippen LogP contribution < -0.4 is 5.32 Å². The number of benzene rings is 1. The van der Waals surface area contributed by atoms with Crippen molar-refractivity contribution in [1.29, 1.82) is 0 Å². The summed E-state index contributed by atoms with van der Waals surface area (Å²) in [6, 6.07) is 7.38. The number of fused-ring (bicyclic) bond motifs is 1. The van der Waals surface area contributed by atoms with E-state index < -0.39 is 0 Å². The van der Waals surface area contributed by atoms with Gasteiger partial charge in [-0.2, -0.15) is 0 Å². The molecule has 0 unspecified atom stereocenters. The number of carbonyl (C=O) groups excluding carboxylic acids is 2. The molecule has 0 radical (unpaired) electrons. The molecule has 0 bridgehead atoms. The Bertz CT molecular complexity index is 569. The highest BCUT2D eigenvalue weighted by molar-refractivity contribution is 6.03. The summed E-state index contributed by atoms with van der Waals surface area (Å²) in [5.74, 6) is -0.225. The number of rotatable bonds is 1. The maximum Gasteiger partial charge on any atom is 0.228 e. The van der Waals surface area contributed by atoms with Gasteiger partial charge < -0.3 is 5.32 Å². The van der Waals surface area contributed by atoms with E-state index in [9.17, 15) is 9.59 Å². The van der Waals surface area contributed by atoms with Crippen LogP contribution in [0.1, 0.15) is 18.6 Å². The molecule has 1 aromatic carbocycles. The lowest BCUT2D eigenvalue weighted by Gasteiger charge is -2.07. The molecule has 2 aromatic rings. The number of para-hydroxylation sites is 1. The van der Waals surface area contributed by atoms with Crippen LogP contribution in [0, 0.1) is 0 Å². The summed E-state index contributed by atoms with van der Waals surface area (Å²) < 4.78 is 1.53. The second kappa shape index (κ2) is 3.81. The number of nitrogens with zero attached hydrogens (tertiary/aromatic N) is 1. The number of aromatic nitrogens is 1. The largest absolute Gasteiger partial charge is 0.324 e. The van der Waals surface area contributed by atoms with Crippen molar-refractivity contribution in [2.24, 2.45) is 0 Å². The van der Waals surface area contributed by atoms with E-state index in [-0.39, 0.29) is 11.8 Å². The number of hydrogen-bond donors (Lipinski definition) is 1. The lowest BCUT2D eigenvalue weighted by molar-refractivity contribution is -0.114. The van der Waals surface area contributed by atoms with Crippen molar-refractivity contribution in [3.05, 3.63) is 30.5 Å². The van der Waals surface area contributed by atoms with E-state index >= 15 is 0 Å². The highest BCUT2D eigenvalue weighted by Gasteiger charge is 2.09. The monoisotopic (exact) mass is 216 g/mol. The number of anilines is 1. The summed E-state index contributed by atoms with van der Waals surface area (Å²) in [6.45, 7) is 2.93. The van der Waals surface area contributed by atoms with Crippen LogP contribution in [0.15, 0.2) is 30.5 Å². The molecule has 4 nitrogen and oxygen atoms in total. The van der Waals surface area contributed by atoms with Gasteiger partial charge in [0.05, 0.1) is 11.2 Å². The van der Waals surface area contributed by atoms with Crippen LogP contribution in [-0.4, -0.2) is 16.4 Å². The molecule has 0 fully saturated rings. The van der Waals surface area contributed by atoms with Gasteiger partial charge in [0, 0.05) is 25.4 Å². The van der Waals surface area contributed by atoms with Crippen LogP contribution in [0.4, 0.5) is 5.69 Å². The van der Waals surface area contributed by atoms with Crippen molar-refractivity contribution in [3.8, 4) is 0 Å². The van der Waals surface area contributed by atoms with Crippen molar-refractivity contribution in [1.82, 2.24) is 4.57 Å². The molecule has 16 heavy (non-hydrogen) atoms. The highest BCUT2D eigenvalue weighted by atomic mass is 16.2. The Kier molecular flexibility index (Phi) is 2.48. The Morgan fingerprint density at radius 2 is 1.94 bits per heavy atom. The second-order valence-electron chi connectivity index (χ2n) is 3.63. The molecule has 0 spiro atoms. The lowest BCUT2D eigenvalue weighted by Crippen LogP contribution is -2.09. The van der Waals surface area contributed by atoms with E-state index in [1.54, 1.807) is 12.3 Å². The van der Waals surface area contributed by atoms with Crippen molar-refractivity contribution in [2.45, 2.75) is 13.8 Å². The zero-order valence-electron chi connectivity index (χ0n) is 9.15. The van der Waals surface area contributed by atoms with E-state index in [1.165, 1.54) is 18.4 Å². The maximum absolute atomic E-state index is 11.4. The fourth-order valence-corrected chi connectivity index (χ4v) is 1.75. The van der Waals surface area contributed by atoms with Gasteiger partial charge in [0.1, 0.15) is 0 Å². The topological polar surface area (TPSA) is 51.1 Å². The molecule has 1 N–H and O–H groups in total. The Morgan fingerprint density at radius 3 is 2.56 bits per heavy atom. The van der Waals surface area contributed by atoms with Gasteiger partial charge in [0.25, 0.3) is 0 Å². The molecule has 4 heteroatoms. The Hall–Kier alpha value is -2.10. The van der Waals surface area contributed by atoms with E-state index in [4.69, 9.17) is 0 Å². The SMILES string of the molecule is CC(=O)Nc1cccc2ccn(C(C)=O)c12. The first-order valence-electron chi connectivity index (χ1n) is 4.98. The van der Waals surface area contributed by atoms with Gasteiger partial charge in [-0.25, -0.2) is 0 Å². The predicted octanol–water partition coefficient (Wildman–Crippen LogP) is 2.26. The summed E-state index contributed by atoms with van der Waals surface area (Å²) in [5.41, 5.74) is 1.40. The third-order valence-corrected chi connectivity index (χ3v) is 2.36. The van der Waals surface area contributed by atoms with Gasteiger partial charge in [-0.3, -0.25) is 14.2 Å². The fourth-order valence-electron chi connectivity index (χ4n) is 1.75. The Labute approximate surface area is 92.9 Å². The summed E-state index contributed by atoms with van der Waals surface area (Å²) >= 11 is 0. The summed E-state index contributed by atoms with van der Waals surface area (Å²) in [7, 11) is 0. The molecular formula is C12H12N2O2. The molecule has 0 aliphatic heterocycles. The molecule has 1 heterocycles. The van der Waals surface area contributed by atoms with Crippen LogP contribution in [0.2, 0.25) is 0 Å². The maximum atomic E-state index is 11.4. The number of hydrogen-bond acceptors (Lipinski definition) is 2. The van der Waals surface area contributed by atoms with Gasteiger partial charge in [-0.05, 0) is 12.1 Å². The average Bonchev–Trinajstić information content (AvgIpc) is 2.61. The Morgan fingerprint density at radius 1 is 1.19 bits per heavy atom. The number of carbonyl (C=O) groups is 2. The van der Waals surface area contributed by atoms with Gasteiger partial charge in [-0.15, -0.1) is 0 Å². The fraction of sp³-hybridized carbons (Fsp3) is 0.167. The quantitative estimate of drug-likeness (QED) is 0.794. The molecule has 0 aliphatic carbocycles. The molecular weight excluding hydrogens is 204 g/mol. The molecule has 2 rings (SSSR count). The van der Waals surface area contributed by atoms with Gasteiger partial charge in [0.15, 0.2) is 0 Å². The molecule has 0 aliphatic rings. The van der Waals surface area contributed by atoms with E-state index in [0.717, 1.165) is 10.9 Å². The van der Waals surface area contributed by atoms with Gasteiger partial charge in [0.2, 0.25) is 11.8 Å². The normalized spacial score (nSPS) is 10.4. The minimum atomic E-state index is -0.149. The van der Waals surface area contributed by atoms with Crippen LogP contribution in [0.5, 0.6) is 0 Å². The second-order valence-corrected chi connectivity index (χ2v) is 3.63. The van der Waals surface area contributed by atoms with Crippen molar-refractivity contribution >= 4 is 28.4 Å². The molecule has 0 atom stereocenters. The molecule has 1 amide bonds. The lowest BCUT2D eigenvalue weighted by atomic mass is 10.2. The minimum Gasteiger partial charge on any atom is -0.324 e. The first-order chi connectivity index (χ1) is 7.59. The number of amides is 1. The molecule has 82 valence electrons. The van der Waals surface area contributed by atoms with E-state index in [1.807, 2.05) is 18.2 Å². The molecule has 0 saturated carbocycles. The van der Waals surface area contributed by atoms with Gasteiger partial charge >= 0.3 is 0 Å². The van der Waals surface area contributed by atoms with E-state index in [2.05, 4.69) is 5.32 Å². The molecule has 0 saturated heterocycles. The minimum absolute atomic E-state index is 0.0761. The summed E-state index contributed by atoms with van der Waals surface area (Å²) in [6.07, 6.45) is 1.71. The van der Waals surface area contributed by atoms with Crippen molar-refractivity contribution in [2.75, 3.05) is 5.32 Å². The standard InChI is InChI=1S/C12H12N2O2/c1-8(15)13-11-5-3-4-10-6-7-14(9(2)16)12(10)11/h3-7H,1-2H3,(H,13,15). The van der Waals surface area contributed by atoms with Crippen molar-refractivity contribution < 1.29 is 9.59 Å². The average molecular weight is 216 g/mol. The highest BCUT2D eigenvalue weighted by Crippen LogP contribution is 2.24. The number of nitrogens with one attached hydrogen (secondary N) is 1. The van der Waals surface area contributed by atoms with Crippen LogP contribution in [-0.2, 0) is 4.79 Å². The van der Waals surface area contributed by atoms with Crippen LogP contribution >= 0.6 is 0 Å². The Balaban J connectivity index is 2.68. The third-order valence-electron chi connectivity index (χ3n) is 2.36. The predicted molar refractivity (Wildman–Crippen MR) is 62.5 cm³/mol. The van der Waals surface area contributed by atoms with Crippen LogP contribution in [0.3, 0.4) is 0 Å². The third kappa shape index (κ3) is 1.69. The van der Waals surface area contributed by atoms with Crippen LogP contribution in [0.25, 0.3) is 10.9 Å². The van der Waals surface area contributed by atoms with E-state index in [0.29, 0.717) is 5.69 Å². The first kappa shape index (κ1) is 10.4.